The van der Waals surface area contributed by atoms with Crippen LogP contribution in [0.25, 0.3) is 0 Å². The van der Waals surface area contributed by atoms with E-state index in [1.165, 1.54) is 0 Å². The van der Waals surface area contributed by atoms with Gasteiger partial charge in [-0.2, -0.15) is 0 Å². The zero-order valence-electron chi connectivity index (χ0n) is 9.01. The minimum atomic E-state index is 0. The molecule has 2 heterocycles. The van der Waals surface area contributed by atoms with Crippen molar-refractivity contribution in [3.05, 3.63) is 28.5 Å². The minimum Gasteiger partial charge on any atom is -0.337 e. The second kappa shape index (κ2) is 7.16. The Balaban J connectivity index is 0.00000128. The highest BCUT2D eigenvalue weighted by Gasteiger charge is 2.24. The van der Waals surface area contributed by atoms with Gasteiger partial charge < -0.3 is 10.6 Å². The number of carbonyl (C=O) groups excluding carboxylic acids is 1. The van der Waals surface area contributed by atoms with E-state index in [0.29, 0.717) is 12.1 Å². The predicted octanol–water partition coefficient (Wildman–Crippen LogP) is 1.86. The van der Waals surface area contributed by atoms with Crippen molar-refractivity contribution < 1.29 is 4.79 Å². The third-order valence-electron chi connectivity index (χ3n) is 2.46. The molecule has 0 aliphatic carbocycles. The molecular weight excluding hydrogens is 329 g/mol. The first-order valence-electron chi connectivity index (χ1n) is 4.82. The van der Waals surface area contributed by atoms with Gasteiger partial charge in [0.25, 0.3) is 5.91 Å². The molecule has 0 radical (unpaired) electrons. The number of nitrogens with zero attached hydrogens (tertiary/aromatic N) is 2. The molecule has 17 heavy (non-hydrogen) atoms. The number of nitrogens with two attached hydrogens (primary N) is 1. The molecule has 1 aromatic heterocycles. The largest absolute Gasteiger partial charge is 0.337 e. The monoisotopic (exact) mass is 341 g/mol. The molecular formula is C10H14BrCl2N3O. The van der Waals surface area contributed by atoms with Crippen molar-refractivity contribution in [2.24, 2.45) is 5.73 Å². The second-order valence-electron chi connectivity index (χ2n) is 3.69. The first-order valence-corrected chi connectivity index (χ1v) is 5.61. The molecule has 1 amide bonds. The number of pyridine rings is 1. The Kier molecular flexibility index (Phi) is 7.01. The van der Waals surface area contributed by atoms with Gasteiger partial charge in [0, 0.05) is 36.0 Å². The summed E-state index contributed by atoms with van der Waals surface area (Å²) in [4.78, 5) is 17.7. The fraction of sp³-hybridized carbons (Fsp3) is 0.400. The molecule has 1 aromatic rings. The van der Waals surface area contributed by atoms with E-state index >= 15 is 0 Å². The molecule has 0 bridgehead atoms. The minimum absolute atomic E-state index is 0. The second-order valence-corrected chi connectivity index (χ2v) is 4.61. The topological polar surface area (TPSA) is 59.2 Å². The van der Waals surface area contributed by atoms with Crippen molar-refractivity contribution in [2.45, 2.75) is 12.5 Å². The van der Waals surface area contributed by atoms with Gasteiger partial charge in [0.05, 0.1) is 5.56 Å². The fourth-order valence-corrected chi connectivity index (χ4v) is 2.05. The van der Waals surface area contributed by atoms with Crippen LogP contribution in [0.4, 0.5) is 0 Å². The maximum Gasteiger partial charge on any atom is 0.255 e. The number of hydrogen-bond acceptors (Lipinski definition) is 3. The van der Waals surface area contributed by atoms with Gasteiger partial charge in [-0.3, -0.25) is 9.78 Å². The Labute approximate surface area is 121 Å². The summed E-state index contributed by atoms with van der Waals surface area (Å²) in [6.07, 6.45) is 4.12. The van der Waals surface area contributed by atoms with Crippen molar-refractivity contribution in [3.8, 4) is 0 Å². The molecule has 1 fully saturated rings. The Morgan fingerprint density at radius 2 is 2.18 bits per heavy atom. The van der Waals surface area contributed by atoms with Crippen LogP contribution in [0.5, 0.6) is 0 Å². The van der Waals surface area contributed by atoms with Gasteiger partial charge >= 0.3 is 0 Å². The molecule has 1 atom stereocenters. The summed E-state index contributed by atoms with van der Waals surface area (Å²) in [5, 5.41) is 0. The van der Waals surface area contributed by atoms with Gasteiger partial charge in [-0.15, -0.1) is 24.8 Å². The van der Waals surface area contributed by atoms with Gasteiger partial charge in [0.2, 0.25) is 0 Å². The number of halogens is 3. The maximum absolute atomic E-state index is 12.0. The molecule has 1 aliphatic heterocycles. The van der Waals surface area contributed by atoms with Crippen LogP contribution in [0.3, 0.4) is 0 Å². The lowest BCUT2D eigenvalue weighted by atomic mass is 10.2. The highest BCUT2D eigenvalue weighted by atomic mass is 79.9. The van der Waals surface area contributed by atoms with Crippen molar-refractivity contribution >= 4 is 46.7 Å². The van der Waals surface area contributed by atoms with E-state index in [0.717, 1.165) is 17.4 Å². The highest BCUT2D eigenvalue weighted by molar-refractivity contribution is 9.10. The van der Waals surface area contributed by atoms with E-state index in [2.05, 4.69) is 20.9 Å². The van der Waals surface area contributed by atoms with Crippen molar-refractivity contribution in [2.75, 3.05) is 13.1 Å². The Morgan fingerprint density at radius 1 is 1.47 bits per heavy atom. The third-order valence-corrected chi connectivity index (χ3v) is 2.90. The molecule has 1 saturated heterocycles. The maximum atomic E-state index is 12.0. The molecule has 0 spiro atoms. The Hall–Kier alpha value is -0.360. The first-order chi connectivity index (χ1) is 7.16. The van der Waals surface area contributed by atoms with Gasteiger partial charge in [-0.1, -0.05) is 0 Å². The lowest BCUT2D eigenvalue weighted by Crippen LogP contribution is -2.31. The Bertz CT molecular complexity index is 392. The number of likely N-dealkylation sites (tertiary alicyclic amines) is 1. The lowest BCUT2D eigenvalue weighted by molar-refractivity contribution is 0.0790. The van der Waals surface area contributed by atoms with Crippen LogP contribution in [0.2, 0.25) is 0 Å². The van der Waals surface area contributed by atoms with Crippen molar-refractivity contribution in [3.63, 3.8) is 0 Å². The number of hydrogen-bond donors (Lipinski definition) is 1. The molecule has 0 aromatic carbocycles. The van der Waals surface area contributed by atoms with Crippen LogP contribution >= 0.6 is 40.7 Å². The molecule has 4 nitrogen and oxygen atoms in total. The highest BCUT2D eigenvalue weighted by Crippen LogP contribution is 2.15. The number of rotatable bonds is 1. The number of amides is 1. The lowest BCUT2D eigenvalue weighted by Gasteiger charge is -2.15. The van der Waals surface area contributed by atoms with Gasteiger partial charge in [-0.25, -0.2) is 0 Å². The summed E-state index contributed by atoms with van der Waals surface area (Å²) >= 11 is 3.29. The van der Waals surface area contributed by atoms with Crippen molar-refractivity contribution in [1.82, 2.24) is 9.88 Å². The summed E-state index contributed by atoms with van der Waals surface area (Å²) in [5.74, 6) is 0.0109. The quantitative estimate of drug-likeness (QED) is 0.847. The summed E-state index contributed by atoms with van der Waals surface area (Å²) in [5.41, 5.74) is 6.36. The van der Waals surface area contributed by atoms with E-state index in [-0.39, 0.29) is 36.8 Å². The average Bonchev–Trinajstić information content (AvgIpc) is 2.64. The van der Waals surface area contributed by atoms with Crippen LogP contribution < -0.4 is 5.73 Å². The summed E-state index contributed by atoms with van der Waals surface area (Å²) < 4.78 is 0.817. The molecule has 1 aliphatic rings. The zero-order valence-corrected chi connectivity index (χ0v) is 12.2. The van der Waals surface area contributed by atoms with E-state index in [4.69, 9.17) is 5.73 Å². The van der Waals surface area contributed by atoms with Crippen LogP contribution in [-0.4, -0.2) is 34.9 Å². The normalized spacial score (nSPS) is 18.2. The van der Waals surface area contributed by atoms with Crippen LogP contribution in [0, 0.1) is 0 Å². The van der Waals surface area contributed by atoms with Crippen molar-refractivity contribution in [1.29, 1.82) is 0 Å². The van der Waals surface area contributed by atoms with E-state index in [9.17, 15) is 4.79 Å². The van der Waals surface area contributed by atoms with Crippen LogP contribution in [0.1, 0.15) is 16.8 Å². The summed E-state index contributed by atoms with van der Waals surface area (Å²) in [6, 6.07) is 1.90. The van der Waals surface area contributed by atoms with E-state index in [1.807, 2.05) is 0 Å². The fourth-order valence-electron chi connectivity index (χ4n) is 1.68. The Morgan fingerprint density at radius 3 is 2.71 bits per heavy atom. The summed E-state index contributed by atoms with van der Waals surface area (Å²) in [6.45, 7) is 1.39. The average molecular weight is 343 g/mol. The standard InChI is InChI=1S/C10H12BrN3O.2ClH/c11-8-3-7(4-13-5-8)10(15)14-2-1-9(12)6-14;;/h3-5,9H,1-2,6,12H2;2*1H/t9-;;/m1../s1. The predicted molar refractivity (Wildman–Crippen MR) is 74.9 cm³/mol. The zero-order chi connectivity index (χ0) is 10.8. The molecule has 0 unspecified atom stereocenters. The summed E-state index contributed by atoms with van der Waals surface area (Å²) in [7, 11) is 0. The van der Waals surface area contributed by atoms with E-state index < -0.39 is 0 Å². The molecule has 2 rings (SSSR count). The molecule has 7 heteroatoms. The first kappa shape index (κ1) is 16.6. The van der Waals surface area contributed by atoms with Gasteiger partial charge in [0.15, 0.2) is 0 Å². The third kappa shape index (κ3) is 4.10. The molecule has 2 N–H and O–H groups in total. The smallest absolute Gasteiger partial charge is 0.255 e. The van der Waals surface area contributed by atoms with Crippen LogP contribution in [-0.2, 0) is 0 Å². The van der Waals surface area contributed by atoms with Crippen LogP contribution in [0.15, 0.2) is 22.9 Å². The molecule has 0 saturated carbocycles. The number of aromatic nitrogens is 1. The van der Waals surface area contributed by atoms with Gasteiger partial charge in [-0.05, 0) is 28.4 Å². The van der Waals surface area contributed by atoms with E-state index in [1.54, 1.807) is 23.4 Å². The SMILES string of the molecule is Cl.Cl.N[C@@H]1CCN(C(=O)c2cncc(Br)c2)C1. The van der Waals surface area contributed by atoms with Gasteiger partial charge in [0.1, 0.15) is 0 Å². The molecule has 96 valence electrons. The number of carbonyl (C=O) groups is 1.